The predicted octanol–water partition coefficient (Wildman–Crippen LogP) is 3.21. The Labute approximate surface area is 115 Å². The Hall–Kier alpha value is -1.39. The maximum absolute atomic E-state index is 6.29. The van der Waals surface area contributed by atoms with E-state index in [1.807, 2.05) is 37.3 Å². The van der Waals surface area contributed by atoms with Gasteiger partial charge in [-0.2, -0.15) is 0 Å². The number of hydrogen-bond acceptors (Lipinski definition) is 3. The number of pyridine rings is 1. The zero-order valence-electron chi connectivity index (χ0n) is 10.4. The summed E-state index contributed by atoms with van der Waals surface area (Å²) in [6.07, 6.45) is 1.74. The molecule has 1 aromatic carbocycles. The van der Waals surface area contributed by atoms with Crippen molar-refractivity contribution in [2.75, 3.05) is 7.11 Å². The third-order valence-corrected chi connectivity index (χ3v) is 3.47. The summed E-state index contributed by atoms with van der Waals surface area (Å²) in [6, 6.07) is 9.46. The first-order valence-corrected chi connectivity index (χ1v) is 6.43. The van der Waals surface area contributed by atoms with Gasteiger partial charge in [0, 0.05) is 16.2 Å². The van der Waals surface area contributed by atoms with Crippen LogP contribution in [0.5, 0.6) is 5.75 Å². The van der Waals surface area contributed by atoms with E-state index in [1.165, 1.54) is 0 Å². The fourth-order valence-corrected chi connectivity index (χ4v) is 2.37. The Morgan fingerprint density at radius 2 is 2.11 bits per heavy atom. The van der Waals surface area contributed by atoms with Crippen LogP contribution in [0, 0.1) is 6.92 Å². The molecule has 3 nitrogen and oxygen atoms in total. The minimum absolute atomic E-state index is 0.310. The van der Waals surface area contributed by atoms with E-state index in [-0.39, 0.29) is 6.04 Å². The van der Waals surface area contributed by atoms with Crippen molar-refractivity contribution in [1.82, 2.24) is 4.98 Å². The fraction of sp³-hybridized carbons (Fsp3) is 0.214. The number of halogens is 1. The molecule has 0 radical (unpaired) electrons. The average molecular weight is 307 g/mol. The summed E-state index contributed by atoms with van der Waals surface area (Å²) in [5.74, 6) is 0.783. The van der Waals surface area contributed by atoms with Crippen LogP contribution in [-0.4, -0.2) is 12.1 Å². The van der Waals surface area contributed by atoms with Crippen molar-refractivity contribution in [3.8, 4) is 5.75 Å². The van der Waals surface area contributed by atoms with E-state index in [1.54, 1.807) is 13.3 Å². The Balaban J connectivity index is 2.48. The number of nitrogens with two attached hydrogens (primary N) is 1. The molecule has 4 heteroatoms. The van der Waals surface area contributed by atoms with Crippen LogP contribution < -0.4 is 10.5 Å². The van der Waals surface area contributed by atoms with Crippen LogP contribution in [0.1, 0.15) is 22.9 Å². The number of hydrogen-bond donors (Lipinski definition) is 1. The van der Waals surface area contributed by atoms with E-state index < -0.39 is 0 Å². The van der Waals surface area contributed by atoms with Gasteiger partial charge in [0.1, 0.15) is 5.75 Å². The summed E-state index contributed by atoms with van der Waals surface area (Å²) in [5, 5.41) is 0. The minimum atomic E-state index is -0.310. The molecule has 0 bridgehead atoms. The Morgan fingerprint density at radius 3 is 2.78 bits per heavy atom. The van der Waals surface area contributed by atoms with E-state index in [0.29, 0.717) is 0 Å². The third-order valence-electron chi connectivity index (χ3n) is 2.80. The molecule has 0 saturated carbocycles. The lowest BCUT2D eigenvalue weighted by Crippen LogP contribution is -2.15. The number of methoxy groups -OCH3 is 1. The van der Waals surface area contributed by atoms with E-state index in [2.05, 4.69) is 20.9 Å². The molecular formula is C14H15BrN2O. The summed E-state index contributed by atoms with van der Waals surface area (Å²) in [7, 11) is 1.65. The van der Waals surface area contributed by atoms with Gasteiger partial charge >= 0.3 is 0 Å². The zero-order valence-corrected chi connectivity index (χ0v) is 11.9. The first-order valence-electron chi connectivity index (χ1n) is 5.64. The number of aromatic nitrogens is 1. The van der Waals surface area contributed by atoms with Crippen molar-refractivity contribution in [3.05, 3.63) is 57.8 Å². The molecule has 0 spiro atoms. The fourth-order valence-electron chi connectivity index (χ4n) is 1.87. The second-order valence-electron chi connectivity index (χ2n) is 4.09. The molecule has 0 aliphatic carbocycles. The predicted molar refractivity (Wildman–Crippen MR) is 75.7 cm³/mol. The quantitative estimate of drug-likeness (QED) is 0.947. The van der Waals surface area contributed by atoms with Crippen LogP contribution in [0.4, 0.5) is 0 Å². The van der Waals surface area contributed by atoms with Crippen LogP contribution in [-0.2, 0) is 0 Å². The van der Waals surface area contributed by atoms with Gasteiger partial charge in [0.25, 0.3) is 0 Å². The largest absolute Gasteiger partial charge is 0.496 e. The molecule has 1 heterocycles. The van der Waals surface area contributed by atoms with E-state index in [4.69, 9.17) is 10.5 Å². The molecule has 94 valence electrons. The Morgan fingerprint density at radius 1 is 1.33 bits per heavy atom. The summed E-state index contributed by atoms with van der Waals surface area (Å²) in [4.78, 5) is 4.33. The van der Waals surface area contributed by atoms with Crippen molar-refractivity contribution in [3.63, 3.8) is 0 Å². The highest BCUT2D eigenvalue weighted by Gasteiger charge is 2.17. The maximum Gasteiger partial charge on any atom is 0.124 e. The normalized spacial score (nSPS) is 12.2. The molecule has 2 aromatic rings. The van der Waals surface area contributed by atoms with E-state index in [9.17, 15) is 0 Å². The Bertz CT molecular complexity index is 557. The zero-order chi connectivity index (χ0) is 13.1. The summed E-state index contributed by atoms with van der Waals surface area (Å²) in [5.41, 5.74) is 9.18. The van der Waals surface area contributed by atoms with Gasteiger partial charge in [0.2, 0.25) is 0 Å². The first-order chi connectivity index (χ1) is 8.63. The highest BCUT2D eigenvalue weighted by molar-refractivity contribution is 9.10. The average Bonchev–Trinajstić information content (AvgIpc) is 2.38. The molecule has 2 N–H and O–H groups in total. The minimum Gasteiger partial charge on any atom is -0.496 e. The van der Waals surface area contributed by atoms with Gasteiger partial charge in [-0.3, -0.25) is 4.98 Å². The topological polar surface area (TPSA) is 48.1 Å². The number of benzene rings is 1. The SMILES string of the molecule is COc1ccc(C)cc1C(N)c1ncccc1Br. The molecule has 1 aromatic heterocycles. The number of nitrogens with zero attached hydrogens (tertiary/aromatic N) is 1. The molecule has 0 aliphatic rings. The van der Waals surface area contributed by atoms with Crippen molar-refractivity contribution in [2.45, 2.75) is 13.0 Å². The van der Waals surface area contributed by atoms with Gasteiger partial charge in [0.05, 0.1) is 18.8 Å². The van der Waals surface area contributed by atoms with Gasteiger partial charge in [-0.1, -0.05) is 17.7 Å². The lowest BCUT2D eigenvalue weighted by atomic mass is 10.0. The number of rotatable bonds is 3. The van der Waals surface area contributed by atoms with Crippen molar-refractivity contribution in [2.24, 2.45) is 5.73 Å². The lowest BCUT2D eigenvalue weighted by molar-refractivity contribution is 0.407. The number of ether oxygens (including phenoxy) is 1. The standard InChI is InChI=1S/C14H15BrN2O/c1-9-5-6-12(18-2)10(8-9)13(16)14-11(15)4-3-7-17-14/h3-8,13H,16H2,1-2H3. The molecule has 0 aliphatic heterocycles. The second-order valence-corrected chi connectivity index (χ2v) is 4.95. The Kier molecular flexibility index (Phi) is 3.99. The van der Waals surface area contributed by atoms with E-state index >= 15 is 0 Å². The van der Waals surface area contributed by atoms with Gasteiger partial charge in [-0.05, 0) is 41.1 Å². The number of aryl methyl sites for hydroxylation is 1. The summed E-state index contributed by atoms with van der Waals surface area (Å²) < 4.78 is 6.26. The van der Waals surface area contributed by atoms with Gasteiger partial charge in [0.15, 0.2) is 0 Å². The summed E-state index contributed by atoms with van der Waals surface area (Å²) in [6.45, 7) is 2.03. The monoisotopic (exact) mass is 306 g/mol. The molecule has 1 atom stereocenters. The molecule has 2 rings (SSSR count). The molecule has 18 heavy (non-hydrogen) atoms. The van der Waals surface area contributed by atoms with Gasteiger partial charge in [-0.25, -0.2) is 0 Å². The first kappa shape index (κ1) is 13.1. The molecule has 0 fully saturated rings. The lowest BCUT2D eigenvalue weighted by Gasteiger charge is -2.17. The van der Waals surface area contributed by atoms with Crippen molar-refractivity contribution >= 4 is 15.9 Å². The summed E-state index contributed by atoms with van der Waals surface area (Å²) >= 11 is 3.48. The van der Waals surface area contributed by atoms with Crippen molar-refractivity contribution in [1.29, 1.82) is 0 Å². The molecule has 0 saturated heterocycles. The van der Waals surface area contributed by atoms with Crippen LogP contribution in [0.2, 0.25) is 0 Å². The highest BCUT2D eigenvalue weighted by atomic mass is 79.9. The third kappa shape index (κ3) is 2.54. The van der Waals surface area contributed by atoms with Crippen LogP contribution >= 0.6 is 15.9 Å². The molecule has 1 unspecified atom stereocenters. The van der Waals surface area contributed by atoms with Crippen molar-refractivity contribution < 1.29 is 4.74 Å². The molecule has 0 amide bonds. The highest BCUT2D eigenvalue weighted by Crippen LogP contribution is 2.31. The molecular weight excluding hydrogens is 292 g/mol. The van der Waals surface area contributed by atoms with Crippen LogP contribution in [0.25, 0.3) is 0 Å². The van der Waals surface area contributed by atoms with Gasteiger partial charge in [-0.15, -0.1) is 0 Å². The van der Waals surface area contributed by atoms with Crippen LogP contribution in [0.15, 0.2) is 41.0 Å². The van der Waals surface area contributed by atoms with E-state index in [0.717, 1.165) is 27.0 Å². The maximum atomic E-state index is 6.29. The second kappa shape index (κ2) is 5.50. The van der Waals surface area contributed by atoms with Gasteiger partial charge < -0.3 is 10.5 Å². The smallest absolute Gasteiger partial charge is 0.124 e. The van der Waals surface area contributed by atoms with Crippen LogP contribution in [0.3, 0.4) is 0 Å².